The first-order valence-electron chi connectivity index (χ1n) is 5.49. The molecule has 0 spiro atoms. The SMILES string of the molecule is COc1cc(I)cc(C2CCNCC2)c1O. The summed E-state index contributed by atoms with van der Waals surface area (Å²) in [5.74, 6) is 1.35. The van der Waals surface area contributed by atoms with Crippen LogP contribution in [0, 0.1) is 3.57 Å². The van der Waals surface area contributed by atoms with Gasteiger partial charge in [-0.1, -0.05) is 0 Å². The lowest BCUT2D eigenvalue weighted by atomic mass is 9.89. The fourth-order valence-corrected chi connectivity index (χ4v) is 2.81. The second-order valence-corrected chi connectivity index (χ2v) is 5.32. The number of ether oxygens (including phenoxy) is 1. The summed E-state index contributed by atoms with van der Waals surface area (Å²) in [5.41, 5.74) is 1.03. The second kappa shape index (κ2) is 5.23. The molecule has 1 saturated heterocycles. The van der Waals surface area contributed by atoms with E-state index in [1.54, 1.807) is 7.11 Å². The number of halogens is 1. The van der Waals surface area contributed by atoms with Crippen LogP contribution < -0.4 is 10.1 Å². The summed E-state index contributed by atoms with van der Waals surface area (Å²) in [7, 11) is 1.59. The molecule has 0 aromatic heterocycles. The molecule has 1 aromatic rings. The summed E-state index contributed by atoms with van der Waals surface area (Å²) >= 11 is 2.26. The molecule has 0 radical (unpaired) electrons. The van der Waals surface area contributed by atoms with Gasteiger partial charge in [-0.15, -0.1) is 0 Å². The summed E-state index contributed by atoms with van der Waals surface area (Å²) < 4.78 is 6.30. The Morgan fingerprint density at radius 3 is 2.69 bits per heavy atom. The fourth-order valence-electron chi connectivity index (χ4n) is 2.19. The van der Waals surface area contributed by atoms with Crippen LogP contribution in [0.2, 0.25) is 0 Å². The summed E-state index contributed by atoms with van der Waals surface area (Å²) in [6.07, 6.45) is 2.16. The molecule has 2 rings (SSSR count). The van der Waals surface area contributed by atoms with E-state index in [2.05, 4.69) is 34.0 Å². The standard InChI is InChI=1S/C12H16INO2/c1-16-11-7-9(13)6-10(12(11)15)8-2-4-14-5-3-8/h6-8,14-15H,2-5H2,1H3. The third-order valence-electron chi connectivity index (χ3n) is 3.07. The first-order valence-corrected chi connectivity index (χ1v) is 6.57. The van der Waals surface area contributed by atoms with Gasteiger partial charge in [0, 0.05) is 9.13 Å². The number of phenols is 1. The van der Waals surface area contributed by atoms with Crippen molar-refractivity contribution < 1.29 is 9.84 Å². The lowest BCUT2D eigenvalue weighted by Crippen LogP contribution is -2.26. The topological polar surface area (TPSA) is 41.5 Å². The molecule has 2 N–H and O–H groups in total. The third-order valence-corrected chi connectivity index (χ3v) is 3.69. The van der Waals surface area contributed by atoms with E-state index < -0.39 is 0 Å². The zero-order valence-electron chi connectivity index (χ0n) is 9.29. The normalized spacial score (nSPS) is 17.4. The van der Waals surface area contributed by atoms with E-state index in [4.69, 9.17) is 4.74 Å². The van der Waals surface area contributed by atoms with Gasteiger partial charge in [-0.3, -0.25) is 0 Å². The highest BCUT2D eigenvalue weighted by Gasteiger charge is 2.21. The van der Waals surface area contributed by atoms with Crippen LogP contribution in [0.15, 0.2) is 12.1 Å². The van der Waals surface area contributed by atoms with Crippen LogP contribution in [0.25, 0.3) is 0 Å². The fraction of sp³-hybridized carbons (Fsp3) is 0.500. The van der Waals surface area contributed by atoms with Crippen LogP contribution in [0.4, 0.5) is 0 Å². The molecule has 4 heteroatoms. The van der Waals surface area contributed by atoms with Crippen LogP contribution >= 0.6 is 22.6 Å². The van der Waals surface area contributed by atoms with Crippen molar-refractivity contribution in [1.29, 1.82) is 0 Å². The Morgan fingerprint density at radius 1 is 1.38 bits per heavy atom. The minimum atomic E-state index is 0.315. The zero-order chi connectivity index (χ0) is 11.5. The molecule has 0 bridgehead atoms. The quantitative estimate of drug-likeness (QED) is 0.817. The molecule has 0 unspecified atom stereocenters. The highest BCUT2D eigenvalue weighted by molar-refractivity contribution is 14.1. The summed E-state index contributed by atoms with van der Waals surface area (Å²) in [4.78, 5) is 0. The average molecular weight is 333 g/mol. The molecular weight excluding hydrogens is 317 g/mol. The van der Waals surface area contributed by atoms with E-state index in [-0.39, 0.29) is 0 Å². The molecule has 16 heavy (non-hydrogen) atoms. The Hall–Kier alpha value is -0.490. The van der Waals surface area contributed by atoms with Crippen molar-refractivity contribution in [2.75, 3.05) is 20.2 Å². The Kier molecular flexibility index (Phi) is 3.91. The number of benzene rings is 1. The molecule has 1 aliphatic rings. The van der Waals surface area contributed by atoms with Gasteiger partial charge in [-0.25, -0.2) is 0 Å². The molecule has 88 valence electrons. The summed E-state index contributed by atoms with van der Waals surface area (Å²) in [6.45, 7) is 2.05. The van der Waals surface area contributed by atoms with Gasteiger partial charge in [0.1, 0.15) is 0 Å². The van der Waals surface area contributed by atoms with E-state index in [9.17, 15) is 5.11 Å². The van der Waals surface area contributed by atoms with Gasteiger partial charge in [0.2, 0.25) is 0 Å². The van der Waals surface area contributed by atoms with E-state index in [1.807, 2.05) is 6.07 Å². The number of aromatic hydroxyl groups is 1. The summed E-state index contributed by atoms with van der Waals surface area (Å²) in [5, 5.41) is 13.4. The van der Waals surface area contributed by atoms with Crippen LogP contribution in [0.5, 0.6) is 11.5 Å². The number of piperidine rings is 1. The maximum atomic E-state index is 10.1. The smallest absolute Gasteiger partial charge is 0.161 e. The largest absolute Gasteiger partial charge is 0.504 e. The molecule has 0 atom stereocenters. The van der Waals surface area contributed by atoms with Crippen molar-refractivity contribution in [2.45, 2.75) is 18.8 Å². The van der Waals surface area contributed by atoms with Crippen LogP contribution in [-0.2, 0) is 0 Å². The van der Waals surface area contributed by atoms with Gasteiger partial charge < -0.3 is 15.2 Å². The number of hydrogen-bond acceptors (Lipinski definition) is 3. The molecule has 1 fully saturated rings. The van der Waals surface area contributed by atoms with Crippen molar-refractivity contribution in [3.63, 3.8) is 0 Å². The van der Waals surface area contributed by atoms with Gasteiger partial charge in [0.25, 0.3) is 0 Å². The minimum Gasteiger partial charge on any atom is -0.504 e. The van der Waals surface area contributed by atoms with Crippen molar-refractivity contribution in [3.8, 4) is 11.5 Å². The number of nitrogens with one attached hydrogen (secondary N) is 1. The first kappa shape index (κ1) is 12.0. The van der Waals surface area contributed by atoms with Crippen molar-refractivity contribution in [1.82, 2.24) is 5.32 Å². The van der Waals surface area contributed by atoms with E-state index >= 15 is 0 Å². The average Bonchev–Trinajstić information content (AvgIpc) is 2.33. The molecule has 3 nitrogen and oxygen atoms in total. The second-order valence-electron chi connectivity index (χ2n) is 4.07. The van der Waals surface area contributed by atoms with E-state index in [0.29, 0.717) is 17.4 Å². The Labute approximate surface area is 109 Å². The monoisotopic (exact) mass is 333 g/mol. The Balaban J connectivity index is 2.34. The third kappa shape index (κ3) is 2.43. The number of methoxy groups -OCH3 is 1. The van der Waals surface area contributed by atoms with Gasteiger partial charge in [-0.2, -0.15) is 0 Å². The van der Waals surface area contributed by atoms with Gasteiger partial charge in [0.05, 0.1) is 7.11 Å². The molecule has 0 amide bonds. The van der Waals surface area contributed by atoms with E-state index in [1.165, 1.54) is 0 Å². The zero-order valence-corrected chi connectivity index (χ0v) is 11.5. The van der Waals surface area contributed by atoms with E-state index in [0.717, 1.165) is 35.1 Å². The maximum Gasteiger partial charge on any atom is 0.161 e. The molecule has 1 heterocycles. The predicted molar refractivity (Wildman–Crippen MR) is 72.2 cm³/mol. The highest BCUT2D eigenvalue weighted by Crippen LogP contribution is 2.39. The maximum absolute atomic E-state index is 10.1. The van der Waals surface area contributed by atoms with Crippen LogP contribution in [0.3, 0.4) is 0 Å². The number of phenolic OH excluding ortho intramolecular Hbond substituents is 1. The first-order chi connectivity index (χ1) is 7.72. The van der Waals surface area contributed by atoms with Gasteiger partial charge >= 0.3 is 0 Å². The predicted octanol–water partition coefficient (Wildman–Crippen LogP) is 2.47. The minimum absolute atomic E-state index is 0.315. The number of hydrogen-bond donors (Lipinski definition) is 2. The lowest BCUT2D eigenvalue weighted by molar-refractivity contribution is 0.362. The van der Waals surface area contributed by atoms with Crippen molar-refractivity contribution in [3.05, 3.63) is 21.3 Å². The van der Waals surface area contributed by atoms with Crippen molar-refractivity contribution >= 4 is 22.6 Å². The molecular formula is C12H16INO2. The van der Waals surface area contributed by atoms with Crippen molar-refractivity contribution in [2.24, 2.45) is 0 Å². The van der Waals surface area contributed by atoms with Crippen LogP contribution in [0.1, 0.15) is 24.3 Å². The Morgan fingerprint density at radius 2 is 2.06 bits per heavy atom. The van der Waals surface area contributed by atoms with Gasteiger partial charge in [-0.05, 0) is 66.6 Å². The highest BCUT2D eigenvalue weighted by atomic mass is 127. The van der Waals surface area contributed by atoms with Crippen LogP contribution in [-0.4, -0.2) is 25.3 Å². The number of rotatable bonds is 2. The summed E-state index contributed by atoms with van der Waals surface area (Å²) in [6, 6.07) is 3.93. The molecule has 0 aliphatic carbocycles. The molecule has 1 aliphatic heterocycles. The molecule has 0 saturated carbocycles. The molecule has 1 aromatic carbocycles. The van der Waals surface area contributed by atoms with Gasteiger partial charge in [0.15, 0.2) is 11.5 Å². The lowest BCUT2D eigenvalue weighted by Gasteiger charge is -2.24. The Bertz CT molecular complexity index is 376.